The highest BCUT2D eigenvalue weighted by atomic mass is 32.2. The smallest absolute Gasteiger partial charge is 0.330 e. The first-order valence-corrected chi connectivity index (χ1v) is 7.90. The molecule has 0 aromatic carbocycles. The van der Waals surface area contributed by atoms with Crippen LogP contribution in [0.25, 0.3) is 0 Å². The van der Waals surface area contributed by atoms with Crippen LogP contribution in [0, 0.1) is 11.3 Å². The Morgan fingerprint density at radius 2 is 2.00 bits per heavy atom. The second kappa shape index (κ2) is 6.64. The number of thioether (sulfide) groups is 1. The van der Waals surface area contributed by atoms with Gasteiger partial charge in [-0.2, -0.15) is 0 Å². The van der Waals surface area contributed by atoms with Crippen LogP contribution in [0.3, 0.4) is 0 Å². The molecule has 1 aliphatic heterocycles. The van der Waals surface area contributed by atoms with E-state index in [9.17, 15) is 19.5 Å². The summed E-state index contributed by atoms with van der Waals surface area (Å²) in [6.45, 7) is 9.53. The van der Waals surface area contributed by atoms with Crippen molar-refractivity contribution in [2.45, 2.75) is 40.7 Å². The quantitative estimate of drug-likeness (QED) is 0.805. The number of hydrogen-bond donors (Lipinski definition) is 1. The summed E-state index contributed by atoms with van der Waals surface area (Å²) in [5, 5.41) is 9.28. The van der Waals surface area contributed by atoms with Crippen molar-refractivity contribution in [1.29, 1.82) is 0 Å². The molecule has 118 valence electrons. The summed E-state index contributed by atoms with van der Waals surface area (Å²) in [5.74, 6) is -1.24. The minimum Gasteiger partial charge on any atom is -0.479 e. The molecule has 0 spiro atoms. The van der Waals surface area contributed by atoms with Gasteiger partial charge in [0, 0.05) is 25.1 Å². The van der Waals surface area contributed by atoms with Gasteiger partial charge in [0.15, 0.2) is 5.12 Å². The number of rotatable bonds is 4. The molecule has 0 aromatic rings. The van der Waals surface area contributed by atoms with E-state index in [-0.39, 0.29) is 22.4 Å². The van der Waals surface area contributed by atoms with Crippen molar-refractivity contribution < 1.29 is 19.5 Å². The van der Waals surface area contributed by atoms with E-state index in [1.165, 1.54) is 11.8 Å². The van der Waals surface area contributed by atoms with Crippen LogP contribution in [-0.4, -0.2) is 45.3 Å². The number of nitrogens with zero attached hydrogens (tertiary/aromatic N) is 1. The average molecular weight is 313 g/mol. The molecular formula is C15H23NO4S. The fourth-order valence-corrected chi connectivity index (χ4v) is 2.75. The summed E-state index contributed by atoms with van der Waals surface area (Å²) < 4.78 is 0. The standard InChI is InChI=1S/C15H23NO4S/c1-9(8-21-10(2)17)13(18)16-7-11(15(3,4)5)6-12(16)14(19)20/h6,9,12H,7-8H2,1-5H3,(H,19,20)/t9-,12?/m1/s1. The van der Waals surface area contributed by atoms with Gasteiger partial charge in [0.2, 0.25) is 5.91 Å². The summed E-state index contributed by atoms with van der Waals surface area (Å²) in [6, 6.07) is -0.906. The summed E-state index contributed by atoms with van der Waals surface area (Å²) in [5.41, 5.74) is 0.787. The Hall–Kier alpha value is -1.30. The van der Waals surface area contributed by atoms with E-state index in [2.05, 4.69) is 0 Å². The Morgan fingerprint density at radius 3 is 2.43 bits per heavy atom. The monoisotopic (exact) mass is 313 g/mol. The largest absolute Gasteiger partial charge is 0.479 e. The maximum absolute atomic E-state index is 12.4. The average Bonchev–Trinajstić information content (AvgIpc) is 2.79. The molecule has 1 N–H and O–H groups in total. The van der Waals surface area contributed by atoms with Gasteiger partial charge in [-0.25, -0.2) is 4.79 Å². The van der Waals surface area contributed by atoms with Crippen LogP contribution in [0.15, 0.2) is 11.6 Å². The predicted molar refractivity (Wildman–Crippen MR) is 83.0 cm³/mol. The van der Waals surface area contributed by atoms with E-state index < -0.39 is 12.0 Å². The molecule has 21 heavy (non-hydrogen) atoms. The SMILES string of the molecule is CC(=O)SC[C@@H](C)C(=O)N1CC(C(C)(C)C)=CC1C(=O)O. The zero-order valence-corrected chi connectivity index (χ0v) is 14.0. The molecule has 1 rings (SSSR count). The van der Waals surface area contributed by atoms with Gasteiger partial charge in [-0.05, 0) is 17.1 Å². The summed E-state index contributed by atoms with van der Waals surface area (Å²) >= 11 is 1.09. The van der Waals surface area contributed by atoms with Gasteiger partial charge < -0.3 is 10.0 Å². The van der Waals surface area contributed by atoms with Gasteiger partial charge in [0.25, 0.3) is 0 Å². The van der Waals surface area contributed by atoms with Gasteiger partial charge in [0.1, 0.15) is 6.04 Å². The van der Waals surface area contributed by atoms with Crippen molar-refractivity contribution in [2.24, 2.45) is 11.3 Å². The third-order valence-corrected chi connectivity index (χ3v) is 4.57. The molecule has 1 aliphatic rings. The first-order chi connectivity index (χ1) is 9.54. The van der Waals surface area contributed by atoms with Crippen LogP contribution < -0.4 is 0 Å². The van der Waals surface area contributed by atoms with Crippen molar-refractivity contribution in [3.05, 3.63) is 11.6 Å². The number of hydrogen-bond acceptors (Lipinski definition) is 4. The molecule has 0 radical (unpaired) electrons. The number of carbonyl (C=O) groups excluding carboxylic acids is 2. The summed E-state index contributed by atoms with van der Waals surface area (Å²) in [6.07, 6.45) is 1.67. The zero-order chi connectivity index (χ0) is 16.4. The van der Waals surface area contributed by atoms with Gasteiger partial charge >= 0.3 is 5.97 Å². The lowest BCUT2D eigenvalue weighted by molar-refractivity contribution is -0.148. The maximum Gasteiger partial charge on any atom is 0.330 e. The number of carboxylic acid groups (broad SMARTS) is 1. The van der Waals surface area contributed by atoms with E-state index in [1.54, 1.807) is 13.0 Å². The molecule has 0 bridgehead atoms. The second-order valence-electron chi connectivity index (χ2n) is 6.39. The van der Waals surface area contributed by atoms with Crippen molar-refractivity contribution in [3.8, 4) is 0 Å². The van der Waals surface area contributed by atoms with Crippen molar-refractivity contribution in [1.82, 2.24) is 4.90 Å². The fraction of sp³-hybridized carbons (Fsp3) is 0.667. The Kier molecular flexibility index (Phi) is 5.61. The molecule has 0 saturated carbocycles. The third-order valence-electron chi connectivity index (χ3n) is 3.49. The summed E-state index contributed by atoms with van der Waals surface area (Å²) in [7, 11) is 0. The molecule has 0 aliphatic carbocycles. The lowest BCUT2D eigenvalue weighted by Gasteiger charge is -2.27. The van der Waals surface area contributed by atoms with Crippen molar-refractivity contribution in [2.75, 3.05) is 12.3 Å². The van der Waals surface area contributed by atoms with E-state index in [0.29, 0.717) is 12.3 Å². The molecule has 1 amide bonds. The first kappa shape index (κ1) is 17.8. The Morgan fingerprint density at radius 1 is 1.43 bits per heavy atom. The zero-order valence-electron chi connectivity index (χ0n) is 13.2. The van der Waals surface area contributed by atoms with Crippen LogP contribution in [0.1, 0.15) is 34.6 Å². The third kappa shape index (κ3) is 4.59. The highest BCUT2D eigenvalue weighted by Gasteiger charge is 2.38. The van der Waals surface area contributed by atoms with Crippen LogP contribution in [0.4, 0.5) is 0 Å². The lowest BCUT2D eigenvalue weighted by Crippen LogP contribution is -2.44. The predicted octanol–water partition coefficient (Wildman–Crippen LogP) is 2.17. The highest BCUT2D eigenvalue weighted by Crippen LogP contribution is 2.32. The van der Waals surface area contributed by atoms with E-state index in [0.717, 1.165) is 17.3 Å². The molecule has 5 nitrogen and oxygen atoms in total. The van der Waals surface area contributed by atoms with Gasteiger partial charge in [-0.15, -0.1) is 0 Å². The van der Waals surface area contributed by atoms with Crippen LogP contribution >= 0.6 is 11.8 Å². The van der Waals surface area contributed by atoms with E-state index >= 15 is 0 Å². The molecular weight excluding hydrogens is 290 g/mol. The molecule has 2 atom stereocenters. The van der Waals surface area contributed by atoms with Gasteiger partial charge in [0.05, 0.1) is 0 Å². The number of amides is 1. The molecule has 1 unspecified atom stereocenters. The minimum atomic E-state index is -1.02. The topological polar surface area (TPSA) is 74.7 Å². The molecule has 0 aromatic heterocycles. The van der Waals surface area contributed by atoms with Crippen molar-refractivity contribution >= 4 is 28.8 Å². The normalized spacial score (nSPS) is 20.1. The number of carbonyl (C=O) groups is 3. The first-order valence-electron chi connectivity index (χ1n) is 6.92. The van der Waals surface area contributed by atoms with E-state index in [1.807, 2.05) is 20.8 Å². The van der Waals surface area contributed by atoms with Crippen LogP contribution in [-0.2, 0) is 14.4 Å². The van der Waals surface area contributed by atoms with Gasteiger partial charge in [-0.1, -0.05) is 39.5 Å². The molecule has 0 saturated heterocycles. The fourth-order valence-electron chi connectivity index (χ4n) is 2.12. The second-order valence-corrected chi connectivity index (χ2v) is 7.59. The lowest BCUT2D eigenvalue weighted by atomic mass is 9.87. The molecule has 0 fully saturated rings. The summed E-state index contributed by atoms with van der Waals surface area (Å²) in [4.78, 5) is 36.2. The Labute approximate surface area is 129 Å². The number of carboxylic acids is 1. The number of aliphatic carboxylic acids is 1. The van der Waals surface area contributed by atoms with E-state index in [4.69, 9.17) is 0 Å². The molecule has 1 heterocycles. The Bertz CT molecular complexity index is 479. The minimum absolute atomic E-state index is 0.0423. The van der Waals surface area contributed by atoms with Crippen LogP contribution in [0.2, 0.25) is 0 Å². The van der Waals surface area contributed by atoms with Crippen molar-refractivity contribution in [3.63, 3.8) is 0 Å². The van der Waals surface area contributed by atoms with Crippen LogP contribution in [0.5, 0.6) is 0 Å². The Balaban J connectivity index is 2.85. The highest BCUT2D eigenvalue weighted by molar-refractivity contribution is 8.13. The maximum atomic E-state index is 12.4. The molecule has 6 heteroatoms. The van der Waals surface area contributed by atoms with Gasteiger partial charge in [-0.3, -0.25) is 9.59 Å².